The zero-order valence-corrected chi connectivity index (χ0v) is 11.9. The number of ether oxygens (including phenoxy) is 1. The summed E-state index contributed by atoms with van der Waals surface area (Å²) in [5.74, 6) is -0.314. The lowest BCUT2D eigenvalue weighted by Crippen LogP contribution is -2.60. The Morgan fingerprint density at radius 1 is 1.44 bits per heavy atom. The number of nitrogens with zero attached hydrogens (tertiary/aromatic N) is 1. The van der Waals surface area contributed by atoms with Gasteiger partial charge in [0, 0.05) is 31.7 Å². The van der Waals surface area contributed by atoms with Gasteiger partial charge in [-0.25, -0.2) is 4.79 Å². The van der Waals surface area contributed by atoms with Crippen LogP contribution in [0.25, 0.3) is 0 Å². The molecule has 0 aromatic carbocycles. The predicted octanol–water partition coefficient (Wildman–Crippen LogP) is 0.365. The van der Waals surface area contributed by atoms with E-state index in [1.807, 2.05) is 0 Å². The first-order valence-corrected chi connectivity index (χ1v) is 5.79. The number of carbonyl (C=O) groups is 2. The van der Waals surface area contributed by atoms with E-state index >= 15 is 0 Å². The van der Waals surface area contributed by atoms with E-state index in [1.54, 1.807) is 4.90 Å². The van der Waals surface area contributed by atoms with Crippen molar-refractivity contribution in [2.45, 2.75) is 25.8 Å². The molecule has 2 amide bonds. The van der Waals surface area contributed by atoms with E-state index in [-0.39, 0.29) is 36.4 Å². The van der Waals surface area contributed by atoms with Crippen LogP contribution in [0.1, 0.15) is 20.3 Å². The summed E-state index contributed by atoms with van der Waals surface area (Å²) in [6.45, 7) is 6.57. The lowest BCUT2D eigenvalue weighted by atomic mass is 10.0. The molecule has 0 aromatic heterocycles. The molecular formula is C11H22ClN3O3. The molecule has 0 atom stereocenters. The molecule has 0 saturated carbocycles. The summed E-state index contributed by atoms with van der Waals surface area (Å²) < 4.78 is 4.50. The van der Waals surface area contributed by atoms with Crippen LogP contribution in [0.15, 0.2) is 0 Å². The number of piperazine rings is 1. The second-order valence-electron chi connectivity index (χ2n) is 4.79. The van der Waals surface area contributed by atoms with Crippen LogP contribution in [0.4, 0.5) is 4.79 Å². The third kappa shape index (κ3) is 5.55. The topological polar surface area (TPSA) is 70.7 Å². The highest BCUT2D eigenvalue weighted by Gasteiger charge is 2.28. The fourth-order valence-electron chi connectivity index (χ4n) is 1.80. The van der Waals surface area contributed by atoms with Crippen LogP contribution in [0.3, 0.4) is 0 Å². The summed E-state index contributed by atoms with van der Waals surface area (Å²) >= 11 is 0. The van der Waals surface area contributed by atoms with Gasteiger partial charge in [-0.05, 0) is 13.8 Å². The molecule has 1 heterocycles. The van der Waals surface area contributed by atoms with Crippen molar-refractivity contribution in [2.75, 3.05) is 33.3 Å². The summed E-state index contributed by atoms with van der Waals surface area (Å²) in [7, 11) is 1.34. The fourth-order valence-corrected chi connectivity index (χ4v) is 1.80. The Balaban J connectivity index is 0.00000289. The zero-order valence-electron chi connectivity index (χ0n) is 11.1. The van der Waals surface area contributed by atoms with Gasteiger partial charge in [0.25, 0.3) is 0 Å². The van der Waals surface area contributed by atoms with E-state index in [2.05, 4.69) is 29.2 Å². The minimum Gasteiger partial charge on any atom is -0.469 e. The van der Waals surface area contributed by atoms with E-state index in [4.69, 9.17) is 0 Å². The first-order chi connectivity index (χ1) is 7.94. The number of rotatable bonds is 3. The van der Waals surface area contributed by atoms with Crippen LogP contribution in [0.5, 0.6) is 0 Å². The van der Waals surface area contributed by atoms with Crippen molar-refractivity contribution in [1.29, 1.82) is 0 Å². The molecular weight excluding hydrogens is 258 g/mol. The molecule has 0 aromatic rings. The molecule has 0 radical (unpaired) electrons. The van der Waals surface area contributed by atoms with Gasteiger partial charge in [-0.15, -0.1) is 12.4 Å². The predicted molar refractivity (Wildman–Crippen MR) is 70.9 cm³/mol. The van der Waals surface area contributed by atoms with Crippen molar-refractivity contribution in [3.05, 3.63) is 0 Å². The normalized spacial score (nSPS) is 17.6. The van der Waals surface area contributed by atoms with Crippen molar-refractivity contribution in [3.8, 4) is 0 Å². The van der Waals surface area contributed by atoms with Crippen LogP contribution < -0.4 is 10.6 Å². The summed E-state index contributed by atoms with van der Waals surface area (Å²) in [5.41, 5.74) is -0.0576. The summed E-state index contributed by atoms with van der Waals surface area (Å²) in [5, 5.41) is 6.04. The summed E-state index contributed by atoms with van der Waals surface area (Å²) in [6, 6.07) is -0.122. The molecule has 2 N–H and O–H groups in total. The Morgan fingerprint density at radius 3 is 2.67 bits per heavy atom. The molecule has 7 heteroatoms. The highest BCUT2D eigenvalue weighted by atomic mass is 35.5. The van der Waals surface area contributed by atoms with Crippen molar-refractivity contribution in [1.82, 2.24) is 15.5 Å². The van der Waals surface area contributed by atoms with Gasteiger partial charge in [0.15, 0.2) is 0 Å². The van der Waals surface area contributed by atoms with Gasteiger partial charge >= 0.3 is 12.0 Å². The third-order valence-electron chi connectivity index (χ3n) is 2.69. The van der Waals surface area contributed by atoms with Crippen molar-refractivity contribution in [2.24, 2.45) is 0 Å². The van der Waals surface area contributed by atoms with Crippen LogP contribution in [0.2, 0.25) is 0 Å². The third-order valence-corrected chi connectivity index (χ3v) is 2.69. The molecule has 1 fully saturated rings. The molecule has 6 nitrogen and oxygen atoms in total. The molecule has 0 bridgehead atoms. The van der Waals surface area contributed by atoms with Gasteiger partial charge in [0.2, 0.25) is 0 Å². The lowest BCUT2D eigenvalue weighted by Gasteiger charge is -2.39. The number of urea groups is 1. The van der Waals surface area contributed by atoms with Gasteiger partial charge < -0.3 is 20.3 Å². The fraction of sp³-hybridized carbons (Fsp3) is 0.818. The van der Waals surface area contributed by atoms with E-state index in [0.29, 0.717) is 19.6 Å². The van der Waals surface area contributed by atoms with Crippen LogP contribution in [-0.4, -0.2) is 55.7 Å². The van der Waals surface area contributed by atoms with Gasteiger partial charge in [-0.1, -0.05) is 0 Å². The number of nitrogens with one attached hydrogen (secondary N) is 2. The lowest BCUT2D eigenvalue weighted by molar-refractivity contribution is -0.140. The largest absolute Gasteiger partial charge is 0.469 e. The standard InChI is InChI=1S/C11H21N3O3.ClH/c1-11(2)8-14(7-6-13-11)10(16)12-5-4-9(15)17-3;/h13H,4-8H2,1-3H3,(H,12,16);1H. The molecule has 18 heavy (non-hydrogen) atoms. The average molecular weight is 280 g/mol. The van der Waals surface area contributed by atoms with Crippen molar-refractivity contribution in [3.63, 3.8) is 0 Å². The molecule has 1 rings (SSSR count). The number of esters is 1. The number of halogens is 1. The summed E-state index contributed by atoms with van der Waals surface area (Å²) in [6.07, 6.45) is 0.206. The maximum absolute atomic E-state index is 11.8. The first-order valence-electron chi connectivity index (χ1n) is 5.79. The Hall–Kier alpha value is -1.01. The second kappa shape index (κ2) is 7.43. The van der Waals surface area contributed by atoms with Crippen LogP contribution in [0, 0.1) is 0 Å². The summed E-state index contributed by atoms with van der Waals surface area (Å²) in [4.78, 5) is 24.4. The highest BCUT2D eigenvalue weighted by molar-refractivity contribution is 5.85. The quantitative estimate of drug-likeness (QED) is 0.732. The van der Waals surface area contributed by atoms with Gasteiger partial charge in [0.1, 0.15) is 0 Å². The Bertz CT molecular complexity index is 297. The number of hydrogen-bond acceptors (Lipinski definition) is 4. The molecule has 0 aliphatic carbocycles. The highest BCUT2D eigenvalue weighted by Crippen LogP contribution is 2.09. The first kappa shape index (κ1) is 17.0. The number of amides is 2. The van der Waals surface area contributed by atoms with Crippen molar-refractivity contribution < 1.29 is 14.3 Å². The molecule has 1 saturated heterocycles. The molecule has 0 unspecified atom stereocenters. The Kier molecular flexibility index (Phi) is 7.01. The molecule has 0 spiro atoms. The van der Waals surface area contributed by atoms with E-state index in [9.17, 15) is 9.59 Å². The van der Waals surface area contributed by atoms with Crippen molar-refractivity contribution >= 4 is 24.4 Å². The van der Waals surface area contributed by atoms with E-state index < -0.39 is 0 Å². The Labute approximate surface area is 114 Å². The second-order valence-corrected chi connectivity index (χ2v) is 4.79. The molecule has 1 aliphatic heterocycles. The van der Waals surface area contributed by atoms with Gasteiger partial charge in [0.05, 0.1) is 13.5 Å². The maximum atomic E-state index is 11.8. The van der Waals surface area contributed by atoms with E-state index in [0.717, 1.165) is 6.54 Å². The average Bonchev–Trinajstić information content (AvgIpc) is 2.27. The SMILES string of the molecule is COC(=O)CCNC(=O)N1CCNC(C)(C)C1.Cl. The molecule has 106 valence electrons. The maximum Gasteiger partial charge on any atom is 0.317 e. The smallest absolute Gasteiger partial charge is 0.317 e. The van der Waals surface area contributed by atoms with Crippen LogP contribution in [-0.2, 0) is 9.53 Å². The van der Waals surface area contributed by atoms with E-state index in [1.165, 1.54) is 7.11 Å². The monoisotopic (exact) mass is 279 g/mol. The van der Waals surface area contributed by atoms with Gasteiger partial charge in [-0.3, -0.25) is 4.79 Å². The number of hydrogen-bond donors (Lipinski definition) is 2. The molecule has 1 aliphatic rings. The Morgan fingerprint density at radius 2 is 2.11 bits per heavy atom. The number of methoxy groups -OCH3 is 1. The number of carbonyl (C=O) groups excluding carboxylic acids is 2. The minimum atomic E-state index is -0.314. The van der Waals surface area contributed by atoms with Crippen LogP contribution >= 0.6 is 12.4 Å². The van der Waals surface area contributed by atoms with Gasteiger partial charge in [-0.2, -0.15) is 0 Å². The zero-order chi connectivity index (χ0) is 12.9. The minimum absolute atomic E-state index is 0.